The van der Waals surface area contributed by atoms with Crippen molar-refractivity contribution in [3.8, 4) is 0 Å². The summed E-state index contributed by atoms with van der Waals surface area (Å²) in [4.78, 5) is 15.2. The molecule has 1 amide bonds. The first-order chi connectivity index (χ1) is 10.4. The number of carbonyl (C=O) groups excluding carboxylic acids is 1. The normalized spacial score (nSPS) is 15.1. The van der Waals surface area contributed by atoms with Gasteiger partial charge in [0.05, 0.1) is 24.1 Å². The van der Waals surface area contributed by atoms with E-state index in [0.29, 0.717) is 5.92 Å². The number of oxazole rings is 1. The van der Waals surface area contributed by atoms with Crippen molar-refractivity contribution in [3.05, 3.63) is 34.8 Å². The van der Waals surface area contributed by atoms with Crippen LogP contribution in [0.25, 0.3) is 0 Å². The molecule has 0 radical (unpaired) electrons. The highest BCUT2D eigenvalue weighted by Crippen LogP contribution is 2.41. The first kappa shape index (κ1) is 14.6. The summed E-state index contributed by atoms with van der Waals surface area (Å²) in [6.07, 6.45) is -0.848. The minimum atomic E-state index is -4.72. The van der Waals surface area contributed by atoms with Crippen LogP contribution in [0.3, 0.4) is 0 Å². The van der Waals surface area contributed by atoms with E-state index in [1.807, 2.05) is 0 Å². The zero-order chi connectivity index (χ0) is 15.9. The van der Waals surface area contributed by atoms with E-state index < -0.39 is 23.7 Å². The van der Waals surface area contributed by atoms with Crippen LogP contribution in [0.1, 0.15) is 52.2 Å². The molecule has 2 N–H and O–H groups in total. The van der Waals surface area contributed by atoms with Crippen LogP contribution >= 0.6 is 0 Å². The fourth-order valence-electron chi connectivity index (χ4n) is 2.19. The zero-order valence-corrected chi connectivity index (χ0v) is 11.6. The Kier molecular flexibility index (Phi) is 3.42. The quantitative estimate of drug-likeness (QED) is 0.908. The van der Waals surface area contributed by atoms with Gasteiger partial charge >= 0.3 is 12.1 Å². The maximum atomic E-state index is 12.5. The fourth-order valence-corrected chi connectivity index (χ4v) is 2.19. The lowest BCUT2D eigenvalue weighted by Crippen LogP contribution is -2.23. The van der Waals surface area contributed by atoms with Crippen molar-refractivity contribution in [1.29, 1.82) is 0 Å². The van der Waals surface area contributed by atoms with Crippen molar-refractivity contribution in [2.24, 2.45) is 0 Å². The Labute approximate surface area is 123 Å². The first-order valence-corrected chi connectivity index (χ1v) is 6.71. The average Bonchev–Trinajstić information content (AvgIpc) is 3.03. The molecule has 0 atom stereocenters. The van der Waals surface area contributed by atoms with Gasteiger partial charge in [0.25, 0.3) is 5.91 Å². The third-order valence-electron chi connectivity index (χ3n) is 3.44. The van der Waals surface area contributed by atoms with Gasteiger partial charge in [-0.2, -0.15) is 18.3 Å². The number of amides is 1. The summed E-state index contributed by atoms with van der Waals surface area (Å²) >= 11 is 0. The Morgan fingerprint density at radius 3 is 2.82 bits per heavy atom. The summed E-state index contributed by atoms with van der Waals surface area (Å²) in [7, 11) is 0. The summed E-state index contributed by atoms with van der Waals surface area (Å²) in [5, 5.41) is 9.23. The van der Waals surface area contributed by atoms with Crippen LogP contribution in [0, 0.1) is 6.92 Å². The van der Waals surface area contributed by atoms with Gasteiger partial charge in [0.15, 0.2) is 0 Å². The Bertz CT molecular complexity index is 700. The number of hydrogen-bond donors (Lipinski definition) is 2. The van der Waals surface area contributed by atoms with E-state index >= 15 is 0 Å². The molecule has 1 saturated carbocycles. The van der Waals surface area contributed by atoms with Gasteiger partial charge in [0.1, 0.15) is 0 Å². The topological polar surface area (TPSA) is 83.8 Å². The maximum Gasteiger partial charge on any atom is 0.468 e. The summed E-state index contributed by atoms with van der Waals surface area (Å²) in [6, 6.07) is 0. The number of carbonyl (C=O) groups is 1. The van der Waals surface area contributed by atoms with E-state index in [-0.39, 0.29) is 12.2 Å². The summed E-state index contributed by atoms with van der Waals surface area (Å²) in [5.41, 5.74) is 1.69. The molecule has 0 unspecified atom stereocenters. The SMILES string of the molecule is Cc1nc(C(F)(F)F)oc1C(=O)NCc1[nH]ncc1C1CC1. The van der Waals surface area contributed by atoms with E-state index in [1.165, 1.54) is 6.92 Å². The predicted octanol–water partition coefficient (Wildman–Crippen LogP) is 2.53. The first-order valence-electron chi connectivity index (χ1n) is 6.71. The van der Waals surface area contributed by atoms with E-state index in [4.69, 9.17) is 0 Å². The fraction of sp³-hybridized carbons (Fsp3) is 0.462. The zero-order valence-electron chi connectivity index (χ0n) is 11.6. The molecule has 0 saturated heterocycles. The van der Waals surface area contributed by atoms with Crippen molar-refractivity contribution in [2.45, 2.75) is 38.4 Å². The van der Waals surface area contributed by atoms with Crippen LogP contribution in [0.4, 0.5) is 13.2 Å². The molecule has 0 aromatic carbocycles. The smallest absolute Gasteiger partial charge is 0.427 e. The maximum absolute atomic E-state index is 12.5. The molecule has 2 aromatic heterocycles. The van der Waals surface area contributed by atoms with E-state index in [1.54, 1.807) is 6.20 Å². The highest BCUT2D eigenvalue weighted by atomic mass is 19.4. The van der Waals surface area contributed by atoms with Crippen LogP contribution < -0.4 is 5.32 Å². The highest BCUT2D eigenvalue weighted by molar-refractivity contribution is 5.92. The third-order valence-corrected chi connectivity index (χ3v) is 3.44. The van der Waals surface area contributed by atoms with Crippen molar-refractivity contribution < 1.29 is 22.4 Å². The second kappa shape index (κ2) is 5.15. The summed E-state index contributed by atoms with van der Waals surface area (Å²) in [6.45, 7) is 1.44. The lowest BCUT2D eigenvalue weighted by Gasteiger charge is -2.04. The highest BCUT2D eigenvalue weighted by Gasteiger charge is 2.39. The molecule has 118 valence electrons. The van der Waals surface area contributed by atoms with E-state index in [9.17, 15) is 18.0 Å². The van der Waals surface area contributed by atoms with Crippen molar-refractivity contribution in [1.82, 2.24) is 20.5 Å². The second-order valence-electron chi connectivity index (χ2n) is 5.19. The van der Waals surface area contributed by atoms with Crippen molar-refractivity contribution in [2.75, 3.05) is 0 Å². The number of hydrogen-bond acceptors (Lipinski definition) is 4. The average molecular weight is 314 g/mol. The molecule has 22 heavy (non-hydrogen) atoms. The van der Waals surface area contributed by atoms with Gasteiger partial charge in [-0.25, -0.2) is 4.98 Å². The van der Waals surface area contributed by atoms with Gasteiger partial charge in [0, 0.05) is 0 Å². The summed E-state index contributed by atoms with van der Waals surface area (Å²) in [5.74, 6) is -2.14. The van der Waals surface area contributed by atoms with E-state index in [2.05, 4.69) is 24.9 Å². The minimum absolute atomic E-state index is 0.100. The number of aryl methyl sites for hydroxylation is 1. The Morgan fingerprint density at radius 1 is 1.50 bits per heavy atom. The number of rotatable bonds is 4. The largest absolute Gasteiger partial charge is 0.468 e. The molecule has 0 aliphatic heterocycles. The molecule has 0 spiro atoms. The van der Waals surface area contributed by atoms with E-state index in [0.717, 1.165) is 24.1 Å². The molecule has 1 aliphatic carbocycles. The van der Waals surface area contributed by atoms with Gasteiger partial charge in [-0.1, -0.05) is 0 Å². The molecule has 9 heteroatoms. The molecule has 1 aliphatic rings. The molecule has 3 rings (SSSR count). The number of H-pyrrole nitrogens is 1. The minimum Gasteiger partial charge on any atom is -0.427 e. The number of aromatic amines is 1. The van der Waals surface area contributed by atoms with Gasteiger partial charge < -0.3 is 9.73 Å². The van der Waals surface area contributed by atoms with Crippen LogP contribution in [-0.4, -0.2) is 21.1 Å². The molecular formula is C13H13F3N4O2. The Morgan fingerprint density at radius 2 is 2.23 bits per heavy atom. The molecule has 1 fully saturated rings. The van der Waals surface area contributed by atoms with Crippen LogP contribution in [0.2, 0.25) is 0 Å². The number of halogens is 3. The number of nitrogens with one attached hydrogen (secondary N) is 2. The standard InChI is InChI=1S/C13H13F3N4O2/c1-6-10(22-12(19-6)13(14,15)16)11(21)17-5-9-8(4-18-20-9)7-2-3-7/h4,7H,2-3,5H2,1H3,(H,17,21)(H,18,20). The molecule has 6 nitrogen and oxygen atoms in total. The number of alkyl halides is 3. The van der Waals surface area contributed by atoms with Crippen LogP contribution in [0.15, 0.2) is 10.6 Å². The van der Waals surface area contributed by atoms with Gasteiger partial charge in [-0.15, -0.1) is 0 Å². The third kappa shape index (κ3) is 2.83. The predicted molar refractivity (Wildman–Crippen MR) is 68.0 cm³/mol. The second-order valence-corrected chi connectivity index (χ2v) is 5.19. The van der Waals surface area contributed by atoms with Gasteiger partial charge in [0.2, 0.25) is 5.76 Å². The summed E-state index contributed by atoms with van der Waals surface area (Å²) < 4.78 is 42.0. The van der Waals surface area contributed by atoms with Crippen LogP contribution in [0.5, 0.6) is 0 Å². The number of aromatic nitrogens is 3. The monoisotopic (exact) mass is 314 g/mol. The number of nitrogens with zero attached hydrogens (tertiary/aromatic N) is 2. The lowest BCUT2D eigenvalue weighted by molar-refractivity contribution is -0.157. The molecule has 2 aromatic rings. The Balaban J connectivity index is 1.69. The van der Waals surface area contributed by atoms with Crippen molar-refractivity contribution in [3.63, 3.8) is 0 Å². The van der Waals surface area contributed by atoms with Gasteiger partial charge in [-0.05, 0) is 31.2 Å². The molecular weight excluding hydrogens is 301 g/mol. The lowest BCUT2D eigenvalue weighted by atomic mass is 10.1. The Hall–Kier alpha value is -2.32. The molecule has 0 bridgehead atoms. The van der Waals surface area contributed by atoms with Crippen molar-refractivity contribution >= 4 is 5.91 Å². The van der Waals surface area contributed by atoms with Gasteiger partial charge in [-0.3, -0.25) is 9.89 Å². The molecule has 2 heterocycles. The van der Waals surface area contributed by atoms with Crippen LogP contribution in [-0.2, 0) is 12.7 Å².